The van der Waals surface area contributed by atoms with E-state index < -0.39 is 16.1 Å². The first-order valence-electron chi connectivity index (χ1n) is 44.4. The van der Waals surface area contributed by atoms with Gasteiger partial charge < -0.3 is 18.8 Å². The fourth-order valence-electron chi connectivity index (χ4n) is 21.9. The molecule has 18 nitrogen and oxygen atoms in total. The number of para-hydroxylation sites is 13. The molecule has 0 saturated carbocycles. The van der Waals surface area contributed by atoms with Gasteiger partial charge >= 0.3 is 0 Å². The lowest BCUT2D eigenvalue weighted by Crippen LogP contribution is -2.76. The number of hydrogen-bond donors (Lipinski definition) is 0. The molecule has 4 aliphatic heterocycles. The van der Waals surface area contributed by atoms with Crippen LogP contribution in [-0.2, 0) is 0 Å². The van der Waals surface area contributed by atoms with Crippen molar-refractivity contribution >= 4 is 204 Å². The lowest BCUT2D eigenvalue weighted by molar-refractivity contribution is 0.671. The van der Waals surface area contributed by atoms with Crippen molar-refractivity contribution in [2.45, 2.75) is 24.2 Å². The Labute approximate surface area is 751 Å². The van der Waals surface area contributed by atoms with Gasteiger partial charge in [0, 0.05) is 43.2 Å². The Kier molecular flexibility index (Phi) is 15.8. The summed E-state index contributed by atoms with van der Waals surface area (Å²) in [6.07, 6.45) is 15.6. The number of anilines is 6. The summed E-state index contributed by atoms with van der Waals surface area (Å²) in [7, 11) is -7.46. The number of guanidine groups is 2. The maximum absolute atomic E-state index is 7.21. The van der Waals surface area contributed by atoms with E-state index in [0.29, 0.717) is 46.4 Å². The third kappa shape index (κ3) is 10.5. The van der Waals surface area contributed by atoms with Crippen LogP contribution in [0.15, 0.2) is 433 Å². The molecular weight excluding hydrogens is 1640 g/mol. The molecule has 7 aromatic heterocycles. The molecule has 28 rings (SSSR count). The Morgan fingerprint density at radius 3 is 1.39 bits per heavy atom. The molecule has 0 N–H and O–H groups in total. The average molecular weight is 1720 g/mol. The Hall–Kier alpha value is -17.1. The molecule has 0 spiro atoms. The topological polar surface area (TPSA) is 160 Å². The van der Waals surface area contributed by atoms with Gasteiger partial charge in [0.05, 0.1) is 91.1 Å². The maximum Gasteiger partial charge on any atom is 0.241 e. The molecule has 2 aliphatic carbocycles. The van der Waals surface area contributed by atoms with Crippen LogP contribution in [0.3, 0.4) is 0 Å². The average Bonchev–Trinajstić information content (AvgIpc) is 1.66. The van der Waals surface area contributed by atoms with Gasteiger partial charge in [-0.1, -0.05) is 316 Å². The quantitative estimate of drug-likeness (QED) is 0.0750. The molecule has 0 fully saturated rings. The predicted octanol–water partition coefficient (Wildman–Crippen LogP) is 17.6. The molecule has 131 heavy (non-hydrogen) atoms. The first kappa shape index (κ1) is 73.2. The van der Waals surface area contributed by atoms with Crippen LogP contribution in [0.4, 0.5) is 34.6 Å². The lowest BCUT2D eigenvalue weighted by Gasteiger charge is -2.33. The van der Waals surface area contributed by atoms with E-state index in [0.717, 1.165) is 153 Å². The largest absolute Gasteiger partial charge is 0.456 e. The van der Waals surface area contributed by atoms with Crippen LogP contribution in [0.1, 0.15) is 5.56 Å². The van der Waals surface area contributed by atoms with E-state index in [-0.39, 0.29) is 24.2 Å². The predicted molar refractivity (Wildman–Crippen MR) is 533 cm³/mol. The number of aromatic nitrogens is 11. The molecule has 4 unspecified atom stereocenters. The third-order valence-electron chi connectivity index (χ3n) is 27.6. The number of allylic oxidation sites excluding steroid dienone is 4. The van der Waals surface area contributed by atoms with Gasteiger partial charge in [-0.3, -0.25) is 8.97 Å². The fraction of sp³-hybridized carbons (Fsp3) is 0.0360. The standard InChI is InChI=1S/C111H73N17OSi2/c1-5-32-73(33-6-1)130(74-34-7-2-8-35-74,77-64-62-72(63-65-77)121-87-47-19-13-40-78(87)79-41-14-20-48-88(79)121)107-117-103(115-104(118-107)126-97-55-27-24-52-94(97)123-91-50-22-17-45-84(91)112-109(123)126)122-89-49-21-15-42-80(89)83-68-70(60-66-90(83)122)71-61-67-93-86(69-71)114-111-125(93)96-54-26-29-57-99(96)128(111)106-116-105(127-98-56-28-25-53-95(98)124-92-51-23-18-46-85(92)113-110(124)127)119-108(120-106)131(75-36-9-3-10-37-75,76-38-11-4-12-39-76)101-59-31-44-82-81-43-16-30-58-100(81)129-102(82)101/h1-69,85-86,92-93H. The second-order valence-corrected chi connectivity index (χ2v) is 41.6. The lowest BCUT2D eigenvalue weighted by atomic mass is 9.93. The van der Waals surface area contributed by atoms with Crippen LogP contribution in [0.5, 0.6) is 0 Å². The fourth-order valence-corrected chi connectivity index (χ4v) is 30.8. The van der Waals surface area contributed by atoms with Gasteiger partial charge in [0.25, 0.3) is 0 Å². The molecule has 15 aromatic carbocycles. The summed E-state index contributed by atoms with van der Waals surface area (Å²) >= 11 is 0. The number of furan rings is 1. The van der Waals surface area contributed by atoms with E-state index in [1.54, 1.807) is 0 Å². The number of fused-ring (bicyclic) bond motifs is 24. The van der Waals surface area contributed by atoms with Crippen LogP contribution in [0, 0.1) is 0 Å². The Bertz CT molecular complexity index is 8640. The first-order chi connectivity index (χ1) is 65.0. The first-order valence-corrected chi connectivity index (χ1v) is 48.4. The minimum atomic E-state index is -3.79. The van der Waals surface area contributed by atoms with Crippen molar-refractivity contribution in [3.05, 3.63) is 424 Å². The maximum atomic E-state index is 7.21. The van der Waals surface area contributed by atoms with Crippen LogP contribution < -0.4 is 61.6 Å². The van der Waals surface area contributed by atoms with Crippen molar-refractivity contribution in [2.75, 3.05) is 19.6 Å². The number of imidazole rings is 2. The molecule has 616 valence electrons. The highest BCUT2D eigenvalue weighted by Gasteiger charge is 2.53. The summed E-state index contributed by atoms with van der Waals surface area (Å²) < 4.78 is 16.2. The zero-order chi connectivity index (χ0) is 85.7. The van der Waals surface area contributed by atoms with Gasteiger partial charge in [-0.2, -0.15) is 9.97 Å². The zero-order valence-electron chi connectivity index (χ0n) is 70.2. The summed E-state index contributed by atoms with van der Waals surface area (Å²) in [6.45, 7) is 0. The van der Waals surface area contributed by atoms with Gasteiger partial charge in [0.15, 0.2) is 0 Å². The van der Waals surface area contributed by atoms with Crippen LogP contribution in [-0.4, -0.2) is 105 Å². The van der Waals surface area contributed by atoms with Gasteiger partial charge in [-0.15, -0.1) is 0 Å². The molecule has 6 aliphatic rings. The van der Waals surface area contributed by atoms with E-state index in [2.05, 4.69) is 444 Å². The number of hydrogen-bond acceptors (Lipinski definition) is 14. The molecule has 22 aromatic rings. The Morgan fingerprint density at radius 1 is 0.298 bits per heavy atom. The molecule has 4 atom stereocenters. The minimum absolute atomic E-state index is 0.0538. The van der Waals surface area contributed by atoms with E-state index >= 15 is 0 Å². The van der Waals surface area contributed by atoms with Crippen LogP contribution in [0.25, 0.3) is 117 Å². The molecular formula is C111H73N17OSi2. The SMILES string of the molecule is C1=CC2N=C3N(c4nc(N5C6=NC7C=C(c8ccc9c(c8)c8ccccc8n9-c8nc(-n9c%10ccccc%10n%10c%11ccccc%11nc9%10)nc([Si](c9ccccc9)(c9ccccc9)c9ccc(-n%10c%11ccccc%11c%11ccccc%11%10)cc9)n8)C=CC7N6c6ccccc65)nc([Si](c5ccccc5)(c5ccccc5)c5cccc6c5oc5ccccc56)n4)c4ccccc4N3C2C=C1. The van der Waals surface area contributed by atoms with Crippen molar-refractivity contribution in [3.8, 4) is 17.6 Å². The molecule has 0 amide bonds. The molecule has 11 heterocycles. The number of nitrogens with zero attached hydrogens (tertiary/aromatic N) is 17. The third-order valence-corrected chi connectivity index (χ3v) is 36.5. The van der Waals surface area contributed by atoms with E-state index in [1.165, 1.54) is 10.8 Å². The zero-order valence-corrected chi connectivity index (χ0v) is 72.2. The Balaban J connectivity index is 0.626. The van der Waals surface area contributed by atoms with E-state index in [1.807, 2.05) is 12.1 Å². The molecule has 0 saturated heterocycles. The summed E-state index contributed by atoms with van der Waals surface area (Å²) in [5, 5.41) is 13.0. The summed E-state index contributed by atoms with van der Waals surface area (Å²) in [4.78, 5) is 61.9. The Morgan fingerprint density at radius 2 is 0.756 bits per heavy atom. The normalized spacial score (nSPS) is 16.7. The van der Waals surface area contributed by atoms with Crippen LogP contribution in [0.2, 0.25) is 0 Å². The van der Waals surface area contributed by atoms with Gasteiger partial charge in [0.2, 0.25) is 57.6 Å². The van der Waals surface area contributed by atoms with Crippen molar-refractivity contribution in [3.63, 3.8) is 0 Å². The van der Waals surface area contributed by atoms with Crippen molar-refractivity contribution in [1.82, 2.24) is 53.0 Å². The van der Waals surface area contributed by atoms with Gasteiger partial charge in [-0.05, 0) is 140 Å². The second kappa shape index (κ2) is 28.2. The van der Waals surface area contributed by atoms with E-state index in [9.17, 15) is 0 Å². The van der Waals surface area contributed by atoms with Crippen molar-refractivity contribution in [1.29, 1.82) is 0 Å². The highest BCUT2D eigenvalue weighted by atomic mass is 28.3. The smallest absolute Gasteiger partial charge is 0.241 e. The summed E-state index contributed by atoms with van der Waals surface area (Å²) in [6, 6.07) is 134. The monoisotopic (exact) mass is 1720 g/mol. The highest BCUT2D eigenvalue weighted by Crippen LogP contribution is 2.50. The van der Waals surface area contributed by atoms with E-state index in [4.69, 9.17) is 49.3 Å². The molecule has 0 bridgehead atoms. The highest BCUT2D eigenvalue weighted by molar-refractivity contribution is 7.20. The molecule has 0 radical (unpaired) electrons. The number of aliphatic imine (C=N–C) groups is 2. The van der Waals surface area contributed by atoms with Gasteiger partial charge in [-0.25, -0.2) is 49.3 Å². The second-order valence-electron chi connectivity index (χ2n) is 34.3. The van der Waals surface area contributed by atoms with Crippen LogP contribution >= 0.6 is 0 Å². The number of benzene rings is 15. The van der Waals surface area contributed by atoms with Crippen molar-refractivity contribution in [2.24, 2.45) is 9.98 Å². The minimum Gasteiger partial charge on any atom is -0.456 e. The summed E-state index contributed by atoms with van der Waals surface area (Å²) in [5.41, 5.74) is 17.7. The van der Waals surface area contributed by atoms with Gasteiger partial charge in [0.1, 0.15) is 22.1 Å². The van der Waals surface area contributed by atoms with Crippen molar-refractivity contribution < 1.29 is 4.42 Å². The molecule has 20 heteroatoms. The summed E-state index contributed by atoms with van der Waals surface area (Å²) in [5.74, 6) is 3.88. The number of rotatable bonds is 14.